The van der Waals surface area contributed by atoms with Crippen molar-refractivity contribution in [1.29, 1.82) is 0 Å². The third kappa shape index (κ3) is 3.11. The van der Waals surface area contributed by atoms with Gasteiger partial charge in [0, 0.05) is 5.69 Å². The minimum absolute atomic E-state index is 0.580. The number of rotatable bonds is 5. The first kappa shape index (κ1) is 15.4. The standard InChI is InChI=1S/C15H15N9S/c1-3-10-6-4-5-9(2)13(10)17-15-20-19-14(25-15)16-11-7-8-12-18-22-23-24(12)21-11/h4-8H,3H2,1-2H3,(H,17,20)(H,16,19,21). The number of aryl methyl sites for hydroxylation is 2. The Labute approximate surface area is 147 Å². The molecule has 126 valence electrons. The van der Waals surface area contributed by atoms with Gasteiger partial charge in [0.15, 0.2) is 11.5 Å². The van der Waals surface area contributed by atoms with E-state index in [1.165, 1.54) is 27.1 Å². The summed E-state index contributed by atoms with van der Waals surface area (Å²) in [4.78, 5) is 0. The molecule has 0 unspecified atom stereocenters. The van der Waals surface area contributed by atoms with Gasteiger partial charge >= 0.3 is 0 Å². The molecule has 9 nitrogen and oxygen atoms in total. The number of nitrogens with zero attached hydrogens (tertiary/aromatic N) is 7. The summed E-state index contributed by atoms with van der Waals surface area (Å²) in [5.41, 5.74) is 4.09. The van der Waals surface area contributed by atoms with Gasteiger partial charge in [0.2, 0.25) is 10.3 Å². The third-order valence-electron chi connectivity index (χ3n) is 3.70. The number of hydrogen-bond acceptors (Lipinski definition) is 9. The molecule has 0 spiro atoms. The van der Waals surface area contributed by atoms with Crippen LogP contribution in [0.4, 0.5) is 21.8 Å². The molecule has 2 N–H and O–H groups in total. The van der Waals surface area contributed by atoms with Gasteiger partial charge in [0.25, 0.3) is 0 Å². The highest BCUT2D eigenvalue weighted by atomic mass is 32.1. The van der Waals surface area contributed by atoms with E-state index in [0.29, 0.717) is 16.6 Å². The average molecular weight is 353 g/mol. The van der Waals surface area contributed by atoms with Crippen LogP contribution in [0.1, 0.15) is 18.1 Å². The van der Waals surface area contributed by atoms with Crippen LogP contribution in [0.15, 0.2) is 30.3 Å². The minimum Gasteiger partial charge on any atom is -0.330 e. The van der Waals surface area contributed by atoms with Crippen molar-refractivity contribution in [2.45, 2.75) is 20.3 Å². The van der Waals surface area contributed by atoms with Crippen molar-refractivity contribution in [1.82, 2.24) is 35.5 Å². The number of nitrogens with one attached hydrogen (secondary N) is 2. The van der Waals surface area contributed by atoms with Crippen molar-refractivity contribution in [3.8, 4) is 0 Å². The summed E-state index contributed by atoms with van der Waals surface area (Å²) in [6, 6.07) is 9.81. The van der Waals surface area contributed by atoms with E-state index in [1.54, 1.807) is 12.1 Å². The van der Waals surface area contributed by atoms with E-state index in [9.17, 15) is 0 Å². The second-order valence-electron chi connectivity index (χ2n) is 5.37. The van der Waals surface area contributed by atoms with Crippen LogP contribution in [0, 0.1) is 6.92 Å². The van der Waals surface area contributed by atoms with Crippen LogP contribution < -0.4 is 10.6 Å². The number of benzene rings is 1. The summed E-state index contributed by atoms with van der Waals surface area (Å²) < 4.78 is 1.35. The Hall–Kier alpha value is -3.14. The monoisotopic (exact) mass is 353 g/mol. The molecular formula is C15H15N9S. The van der Waals surface area contributed by atoms with E-state index >= 15 is 0 Å². The number of hydrogen-bond donors (Lipinski definition) is 2. The Morgan fingerprint density at radius 1 is 1.04 bits per heavy atom. The summed E-state index contributed by atoms with van der Waals surface area (Å²) in [6.45, 7) is 4.21. The Morgan fingerprint density at radius 3 is 2.72 bits per heavy atom. The first-order valence-electron chi connectivity index (χ1n) is 7.74. The molecule has 10 heteroatoms. The van der Waals surface area contributed by atoms with Crippen molar-refractivity contribution in [3.05, 3.63) is 41.5 Å². The van der Waals surface area contributed by atoms with Gasteiger partial charge in [0.1, 0.15) is 0 Å². The van der Waals surface area contributed by atoms with Gasteiger partial charge in [-0.15, -0.1) is 25.0 Å². The molecule has 0 saturated carbocycles. The highest BCUT2D eigenvalue weighted by molar-refractivity contribution is 7.19. The molecule has 0 bridgehead atoms. The van der Waals surface area contributed by atoms with Gasteiger partial charge in [-0.3, -0.25) is 0 Å². The van der Waals surface area contributed by atoms with E-state index in [-0.39, 0.29) is 0 Å². The highest BCUT2D eigenvalue weighted by Crippen LogP contribution is 2.29. The lowest BCUT2D eigenvalue weighted by molar-refractivity contribution is 0.736. The molecule has 3 aromatic heterocycles. The van der Waals surface area contributed by atoms with E-state index in [1.807, 2.05) is 0 Å². The first-order valence-corrected chi connectivity index (χ1v) is 8.56. The maximum absolute atomic E-state index is 4.25. The molecule has 25 heavy (non-hydrogen) atoms. The molecule has 0 aliphatic rings. The molecule has 0 aliphatic carbocycles. The zero-order valence-corrected chi connectivity index (χ0v) is 14.4. The topological polar surface area (TPSA) is 106 Å². The first-order chi connectivity index (χ1) is 12.2. The lowest BCUT2D eigenvalue weighted by atomic mass is 10.1. The fourth-order valence-electron chi connectivity index (χ4n) is 2.46. The second kappa shape index (κ2) is 6.40. The third-order valence-corrected chi connectivity index (χ3v) is 4.46. The molecule has 0 fully saturated rings. The van der Waals surface area contributed by atoms with Gasteiger partial charge in [-0.25, -0.2) is 0 Å². The number of tetrazole rings is 1. The molecule has 3 heterocycles. The highest BCUT2D eigenvalue weighted by Gasteiger charge is 2.10. The summed E-state index contributed by atoms with van der Waals surface area (Å²) in [5.74, 6) is 0.590. The Balaban J connectivity index is 1.54. The SMILES string of the molecule is CCc1cccc(C)c1Nc1nnc(Nc2ccc3nnnn3n2)s1. The lowest BCUT2D eigenvalue weighted by Gasteiger charge is -2.11. The molecule has 1 aromatic carbocycles. The van der Waals surface area contributed by atoms with Crippen LogP contribution in [0.3, 0.4) is 0 Å². The maximum Gasteiger partial charge on any atom is 0.213 e. The molecular weight excluding hydrogens is 338 g/mol. The molecule has 4 aromatic rings. The molecule has 0 saturated heterocycles. The Morgan fingerprint density at radius 2 is 1.88 bits per heavy atom. The summed E-state index contributed by atoms with van der Waals surface area (Å²) >= 11 is 1.41. The van der Waals surface area contributed by atoms with Crippen molar-refractivity contribution in [3.63, 3.8) is 0 Å². The Bertz CT molecular complexity index is 1020. The van der Waals surface area contributed by atoms with Gasteiger partial charge in [-0.2, -0.15) is 0 Å². The number of fused-ring (bicyclic) bond motifs is 1. The predicted octanol–water partition coefficient (Wildman–Crippen LogP) is 2.73. The molecule has 0 radical (unpaired) electrons. The van der Waals surface area contributed by atoms with Crippen LogP contribution in [0.5, 0.6) is 0 Å². The van der Waals surface area contributed by atoms with Crippen molar-refractivity contribution in [2.24, 2.45) is 0 Å². The largest absolute Gasteiger partial charge is 0.330 e. The quantitative estimate of drug-likeness (QED) is 0.564. The van der Waals surface area contributed by atoms with Crippen LogP contribution in [0.2, 0.25) is 0 Å². The molecule has 0 amide bonds. The van der Waals surface area contributed by atoms with Gasteiger partial charge in [0.05, 0.1) is 0 Å². The number of anilines is 4. The smallest absolute Gasteiger partial charge is 0.213 e. The normalized spacial score (nSPS) is 11.0. The van der Waals surface area contributed by atoms with Crippen LogP contribution >= 0.6 is 11.3 Å². The molecule has 0 atom stereocenters. The van der Waals surface area contributed by atoms with E-state index in [2.05, 4.69) is 73.5 Å². The van der Waals surface area contributed by atoms with Crippen molar-refractivity contribution >= 4 is 38.8 Å². The maximum atomic E-state index is 4.25. The lowest BCUT2D eigenvalue weighted by Crippen LogP contribution is -1.99. The van der Waals surface area contributed by atoms with Crippen LogP contribution in [0.25, 0.3) is 5.65 Å². The summed E-state index contributed by atoms with van der Waals surface area (Å²) in [6.07, 6.45) is 0.948. The number of aromatic nitrogens is 7. The van der Waals surface area contributed by atoms with Gasteiger partial charge < -0.3 is 10.6 Å². The fraction of sp³-hybridized carbons (Fsp3) is 0.200. The zero-order valence-electron chi connectivity index (χ0n) is 13.6. The van der Waals surface area contributed by atoms with Crippen molar-refractivity contribution in [2.75, 3.05) is 10.6 Å². The summed E-state index contributed by atoms with van der Waals surface area (Å²) in [7, 11) is 0. The predicted molar refractivity (Wildman–Crippen MR) is 95.6 cm³/mol. The van der Waals surface area contributed by atoms with Crippen molar-refractivity contribution < 1.29 is 0 Å². The van der Waals surface area contributed by atoms with Crippen LogP contribution in [-0.2, 0) is 6.42 Å². The zero-order chi connectivity index (χ0) is 17.2. The van der Waals surface area contributed by atoms with Gasteiger partial charge in [-0.1, -0.05) is 36.5 Å². The Kier molecular flexibility index (Phi) is 3.94. The molecule has 4 rings (SSSR count). The second-order valence-corrected chi connectivity index (χ2v) is 6.35. The molecule has 0 aliphatic heterocycles. The van der Waals surface area contributed by atoms with Gasteiger partial charge in [-0.05, 0) is 47.0 Å². The summed E-state index contributed by atoms with van der Waals surface area (Å²) in [5, 5.41) is 31.6. The number of para-hydroxylation sites is 1. The fourth-order valence-corrected chi connectivity index (χ4v) is 3.11. The minimum atomic E-state index is 0.580. The van der Waals surface area contributed by atoms with E-state index in [0.717, 1.165) is 17.2 Å². The van der Waals surface area contributed by atoms with E-state index in [4.69, 9.17) is 0 Å². The average Bonchev–Trinajstić information content (AvgIpc) is 3.25. The van der Waals surface area contributed by atoms with E-state index < -0.39 is 0 Å². The van der Waals surface area contributed by atoms with Crippen LogP contribution in [-0.4, -0.2) is 35.5 Å².